The molecule has 0 heterocycles. The molecular weight excluding hydrogens is 300 g/mol. The first-order valence-corrected chi connectivity index (χ1v) is 6.29. The lowest BCUT2D eigenvalue weighted by molar-refractivity contribution is 0.103. The molecule has 0 saturated carbocycles. The van der Waals surface area contributed by atoms with Crippen LogP contribution in [0.25, 0.3) is 0 Å². The third-order valence-electron chi connectivity index (χ3n) is 2.41. The minimum absolute atomic E-state index is 0.161. The van der Waals surface area contributed by atoms with Crippen LogP contribution >= 0.6 is 15.9 Å². The first-order valence-electron chi connectivity index (χ1n) is 5.17. The van der Waals surface area contributed by atoms with E-state index in [1.165, 1.54) is 21.3 Å². The number of allylic oxidation sites excluding steroid dienone is 1. The van der Waals surface area contributed by atoms with Crippen molar-refractivity contribution in [2.24, 2.45) is 0 Å². The number of ketones is 1. The van der Waals surface area contributed by atoms with Crippen molar-refractivity contribution in [1.29, 1.82) is 0 Å². The fraction of sp³-hybridized carbons (Fsp3) is 0.308. The van der Waals surface area contributed by atoms with Crippen LogP contribution in [0.1, 0.15) is 10.4 Å². The van der Waals surface area contributed by atoms with Crippen molar-refractivity contribution in [3.63, 3.8) is 0 Å². The molecule has 1 aromatic rings. The SMILES string of the molecule is C=C(CBr)C(=O)c1cc(OC)c(OC)c(OC)c1. The number of benzene rings is 1. The van der Waals surface area contributed by atoms with Crippen molar-refractivity contribution < 1.29 is 19.0 Å². The van der Waals surface area contributed by atoms with E-state index in [9.17, 15) is 4.79 Å². The molecule has 0 bridgehead atoms. The monoisotopic (exact) mass is 314 g/mol. The average molecular weight is 315 g/mol. The predicted octanol–water partition coefficient (Wildman–Crippen LogP) is 2.85. The molecule has 18 heavy (non-hydrogen) atoms. The zero-order valence-electron chi connectivity index (χ0n) is 10.6. The fourth-order valence-corrected chi connectivity index (χ4v) is 1.73. The largest absolute Gasteiger partial charge is 0.493 e. The smallest absolute Gasteiger partial charge is 0.203 e. The lowest BCUT2D eigenvalue weighted by atomic mass is 10.0. The van der Waals surface area contributed by atoms with Crippen molar-refractivity contribution in [1.82, 2.24) is 0 Å². The van der Waals surface area contributed by atoms with Crippen LogP contribution in [0.15, 0.2) is 24.3 Å². The summed E-state index contributed by atoms with van der Waals surface area (Å²) < 4.78 is 15.6. The highest BCUT2D eigenvalue weighted by atomic mass is 79.9. The summed E-state index contributed by atoms with van der Waals surface area (Å²) in [6, 6.07) is 3.22. The van der Waals surface area contributed by atoms with Gasteiger partial charge in [-0.15, -0.1) is 0 Å². The normalized spacial score (nSPS) is 9.78. The Balaban J connectivity index is 3.31. The molecule has 0 N–H and O–H groups in total. The van der Waals surface area contributed by atoms with Gasteiger partial charge in [-0.3, -0.25) is 4.79 Å². The Morgan fingerprint density at radius 1 is 1.17 bits per heavy atom. The lowest BCUT2D eigenvalue weighted by Gasteiger charge is -2.13. The van der Waals surface area contributed by atoms with Crippen LogP contribution in [-0.2, 0) is 0 Å². The van der Waals surface area contributed by atoms with Crippen LogP contribution in [0.4, 0.5) is 0 Å². The Kier molecular flexibility index (Phi) is 5.22. The standard InChI is InChI=1S/C13H15BrO4/c1-8(7-14)12(15)9-5-10(16-2)13(18-4)11(6-9)17-3/h5-6H,1,7H2,2-4H3. The Bertz CT molecular complexity index is 443. The minimum atomic E-state index is -0.161. The van der Waals surface area contributed by atoms with E-state index in [0.717, 1.165) is 0 Å². The van der Waals surface area contributed by atoms with Gasteiger partial charge < -0.3 is 14.2 Å². The van der Waals surface area contributed by atoms with E-state index in [2.05, 4.69) is 22.5 Å². The Hall–Kier alpha value is -1.49. The van der Waals surface area contributed by atoms with E-state index in [4.69, 9.17) is 14.2 Å². The Morgan fingerprint density at radius 3 is 2.00 bits per heavy atom. The summed E-state index contributed by atoms with van der Waals surface area (Å²) in [5.74, 6) is 1.19. The van der Waals surface area contributed by atoms with E-state index >= 15 is 0 Å². The first-order chi connectivity index (χ1) is 8.58. The highest BCUT2D eigenvalue weighted by Gasteiger charge is 2.17. The number of methoxy groups -OCH3 is 3. The average Bonchev–Trinajstić information content (AvgIpc) is 2.43. The van der Waals surface area contributed by atoms with Crippen molar-refractivity contribution in [3.8, 4) is 17.2 Å². The molecule has 0 aliphatic rings. The molecule has 0 aromatic heterocycles. The molecule has 98 valence electrons. The summed E-state index contributed by atoms with van der Waals surface area (Å²) in [5, 5.41) is 0.419. The molecule has 0 saturated heterocycles. The molecule has 5 heteroatoms. The highest BCUT2D eigenvalue weighted by molar-refractivity contribution is 9.09. The van der Waals surface area contributed by atoms with Gasteiger partial charge in [0.2, 0.25) is 5.75 Å². The van der Waals surface area contributed by atoms with Crippen LogP contribution in [-0.4, -0.2) is 32.4 Å². The van der Waals surface area contributed by atoms with Gasteiger partial charge in [0.25, 0.3) is 0 Å². The quantitative estimate of drug-likeness (QED) is 0.460. The number of Topliss-reactive ketones (excluding diaryl/α,β-unsaturated/α-hetero) is 1. The number of carbonyl (C=O) groups is 1. The number of carbonyl (C=O) groups excluding carboxylic acids is 1. The first kappa shape index (κ1) is 14.6. The van der Waals surface area contributed by atoms with E-state index in [1.54, 1.807) is 12.1 Å². The molecule has 0 radical (unpaired) electrons. The van der Waals surface area contributed by atoms with Gasteiger partial charge >= 0.3 is 0 Å². The van der Waals surface area contributed by atoms with Crippen LogP contribution in [0, 0.1) is 0 Å². The second-order valence-electron chi connectivity index (χ2n) is 3.48. The van der Waals surface area contributed by atoms with Gasteiger partial charge in [0, 0.05) is 16.5 Å². The topological polar surface area (TPSA) is 44.8 Å². The molecule has 0 amide bonds. The highest BCUT2D eigenvalue weighted by Crippen LogP contribution is 2.38. The Labute approximate surface area is 115 Å². The molecular formula is C13H15BrO4. The van der Waals surface area contributed by atoms with Gasteiger partial charge in [-0.05, 0) is 12.1 Å². The predicted molar refractivity (Wildman–Crippen MR) is 73.4 cm³/mol. The molecule has 0 aliphatic carbocycles. The number of halogens is 1. The van der Waals surface area contributed by atoms with Crippen molar-refractivity contribution in [2.45, 2.75) is 0 Å². The van der Waals surface area contributed by atoms with E-state index in [-0.39, 0.29) is 5.78 Å². The van der Waals surface area contributed by atoms with Gasteiger partial charge in [0.15, 0.2) is 17.3 Å². The van der Waals surface area contributed by atoms with Crippen LogP contribution in [0.5, 0.6) is 17.2 Å². The van der Waals surface area contributed by atoms with Crippen molar-refractivity contribution >= 4 is 21.7 Å². The number of ether oxygens (including phenoxy) is 3. The summed E-state index contributed by atoms with van der Waals surface area (Å²) >= 11 is 3.20. The van der Waals surface area contributed by atoms with Crippen molar-refractivity contribution in [2.75, 3.05) is 26.7 Å². The van der Waals surface area contributed by atoms with Crippen molar-refractivity contribution in [3.05, 3.63) is 29.8 Å². The molecule has 0 fully saturated rings. The number of hydrogen-bond acceptors (Lipinski definition) is 4. The molecule has 4 nitrogen and oxygen atoms in total. The van der Waals surface area contributed by atoms with E-state index in [1.807, 2.05) is 0 Å². The third kappa shape index (κ3) is 2.85. The number of rotatable bonds is 6. The van der Waals surface area contributed by atoms with Gasteiger partial charge in [-0.1, -0.05) is 22.5 Å². The van der Waals surface area contributed by atoms with Gasteiger partial charge in [0.1, 0.15) is 0 Å². The lowest BCUT2D eigenvalue weighted by Crippen LogP contribution is -2.05. The van der Waals surface area contributed by atoms with Crippen LogP contribution in [0.3, 0.4) is 0 Å². The summed E-state index contributed by atoms with van der Waals surface area (Å²) in [6.07, 6.45) is 0. The zero-order chi connectivity index (χ0) is 13.7. The summed E-state index contributed by atoms with van der Waals surface area (Å²) in [5.41, 5.74) is 0.915. The summed E-state index contributed by atoms with van der Waals surface area (Å²) in [4.78, 5) is 12.0. The van der Waals surface area contributed by atoms with Crippen LogP contribution < -0.4 is 14.2 Å². The summed E-state index contributed by atoms with van der Waals surface area (Å²) in [6.45, 7) is 3.69. The van der Waals surface area contributed by atoms with E-state index in [0.29, 0.717) is 33.7 Å². The van der Waals surface area contributed by atoms with Gasteiger partial charge in [-0.25, -0.2) is 0 Å². The maximum Gasteiger partial charge on any atom is 0.203 e. The molecule has 0 unspecified atom stereocenters. The number of hydrogen-bond donors (Lipinski definition) is 0. The van der Waals surface area contributed by atoms with E-state index < -0.39 is 0 Å². The third-order valence-corrected chi connectivity index (χ3v) is 3.09. The molecule has 1 rings (SSSR count). The Morgan fingerprint density at radius 2 is 1.67 bits per heavy atom. The molecule has 0 spiro atoms. The molecule has 0 aliphatic heterocycles. The fourth-order valence-electron chi connectivity index (χ4n) is 1.48. The second-order valence-corrected chi connectivity index (χ2v) is 4.04. The number of alkyl halides is 1. The minimum Gasteiger partial charge on any atom is -0.493 e. The molecule has 0 atom stereocenters. The second kappa shape index (κ2) is 6.44. The van der Waals surface area contributed by atoms with Crippen LogP contribution in [0.2, 0.25) is 0 Å². The summed E-state index contributed by atoms with van der Waals surface area (Å²) in [7, 11) is 4.52. The zero-order valence-corrected chi connectivity index (χ0v) is 12.2. The van der Waals surface area contributed by atoms with Gasteiger partial charge in [-0.2, -0.15) is 0 Å². The maximum absolute atomic E-state index is 12.0. The van der Waals surface area contributed by atoms with Gasteiger partial charge in [0.05, 0.1) is 21.3 Å². The molecule has 1 aromatic carbocycles. The maximum atomic E-state index is 12.0.